The quantitative estimate of drug-likeness (QED) is 0.694. The number of halogens is 1. The van der Waals surface area contributed by atoms with E-state index in [-0.39, 0.29) is 12.2 Å². The summed E-state index contributed by atoms with van der Waals surface area (Å²) >= 11 is 5.97. The van der Waals surface area contributed by atoms with Crippen LogP contribution in [-0.2, 0) is 6.42 Å². The third-order valence-electron chi connectivity index (χ3n) is 4.20. The lowest BCUT2D eigenvalue weighted by Gasteiger charge is -2.08. The van der Waals surface area contributed by atoms with E-state index in [2.05, 4.69) is 31.0 Å². The van der Waals surface area contributed by atoms with Crippen molar-refractivity contribution in [2.45, 2.75) is 20.3 Å². The van der Waals surface area contributed by atoms with Gasteiger partial charge in [-0.1, -0.05) is 17.7 Å². The smallest absolute Gasteiger partial charge is 0.169 e. The number of ether oxygens (including phenoxy) is 1. The lowest BCUT2D eigenvalue weighted by Crippen LogP contribution is -2.04. The Kier molecular flexibility index (Phi) is 4.14. The molecule has 0 atom stereocenters. The Bertz CT molecular complexity index is 896. The summed E-state index contributed by atoms with van der Waals surface area (Å²) in [7, 11) is 1.58. The molecule has 4 heteroatoms. The van der Waals surface area contributed by atoms with Crippen molar-refractivity contribution < 1.29 is 9.53 Å². The van der Waals surface area contributed by atoms with Crippen molar-refractivity contribution >= 4 is 28.3 Å². The number of fused-ring (bicyclic) bond motifs is 1. The molecule has 0 bridgehead atoms. The topological polar surface area (TPSA) is 42.1 Å². The molecule has 1 heterocycles. The molecular weight excluding hydrogens is 310 g/mol. The highest BCUT2D eigenvalue weighted by Gasteiger charge is 2.16. The first-order valence-electron chi connectivity index (χ1n) is 7.43. The summed E-state index contributed by atoms with van der Waals surface area (Å²) in [4.78, 5) is 15.9. The number of carbonyl (C=O) groups is 1. The fraction of sp³-hybridized carbons (Fsp3) is 0.211. The summed E-state index contributed by atoms with van der Waals surface area (Å²) in [5.41, 5.74) is 4.91. The van der Waals surface area contributed by atoms with E-state index in [0.717, 1.165) is 16.5 Å². The number of Topliss-reactive ketones (excluding diaryl/α,β-unsaturated/α-hetero) is 1. The van der Waals surface area contributed by atoms with Crippen LogP contribution in [0.2, 0.25) is 5.02 Å². The highest BCUT2D eigenvalue weighted by Crippen LogP contribution is 2.27. The molecule has 1 aromatic heterocycles. The average molecular weight is 328 g/mol. The lowest BCUT2D eigenvalue weighted by atomic mass is 9.99. The van der Waals surface area contributed by atoms with Gasteiger partial charge in [0, 0.05) is 39.7 Å². The third-order valence-corrected chi connectivity index (χ3v) is 4.43. The van der Waals surface area contributed by atoms with Gasteiger partial charge in [-0.05, 0) is 49.2 Å². The summed E-state index contributed by atoms with van der Waals surface area (Å²) in [5.74, 6) is 0.692. The van der Waals surface area contributed by atoms with Crippen molar-refractivity contribution in [3.8, 4) is 5.75 Å². The second-order valence-corrected chi connectivity index (χ2v) is 6.18. The normalized spacial score (nSPS) is 11.0. The van der Waals surface area contributed by atoms with Gasteiger partial charge in [-0.3, -0.25) is 4.79 Å². The van der Waals surface area contributed by atoms with Gasteiger partial charge in [-0.25, -0.2) is 0 Å². The van der Waals surface area contributed by atoms with E-state index in [1.807, 2.05) is 6.07 Å². The Balaban J connectivity index is 1.97. The monoisotopic (exact) mass is 327 g/mol. The number of methoxy groups -OCH3 is 1. The van der Waals surface area contributed by atoms with E-state index in [4.69, 9.17) is 16.3 Å². The third kappa shape index (κ3) is 2.97. The van der Waals surface area contributed by atoms with Gasteiger partial charge in [-0.2, -0.15) is 0 Å². The number of aromatic nitrogens is 1. The van der Waals surface area contributed by atoms with Crippen molar-refractivity contribution in [1.82, 2.24) is 4.98 Å². The van der Waals surface area contributed by atoms with Crippen LogP contribution in [0.4, 0.5) is 0 Å². The number of H-pyrrole nitrogens is 1. The molecule has 0 saturated carbocycles. The Morgan fingerprint density at radius 2 is 1.91 bits per heavy atom. The maximum atomic E-state index is 12.7. The first kappa shape index (κ1) is 15.6. The van der Waals surface area contributed by atoms with Crippen molar-refractivity contribution in [2.75, 3.05) is 7.11 Å². The first-order chi connectivity index (χ1) is 11.0. The minimum Gasteiger partial charge on any atom is -0.496 e. The number of ketones is 1. The van der Waals surface area contributed by atoms with Gasteiger partial charge in [0.15, 0.2) is 5.78 Å². The molecule has 3 rings (SSSR count). The molecule has 0 saturated heterocycles. The number of carbonyl (C=O) groups excluding carboxylic acids is 1. The zero-order chi connectivity index (χ0) is 16.6. The Labute approximate surface area is 140 Å². The minimum atomic E-state index is 0.0557. The number of aromatic amines is 1. The highest BCUT2D eigenvalue weighted by atomic mass is 35.5. The lowest BCUT2D eigenvalue weighted by molar-refractivity contribution is 0.0993. The molecule has 23 heavy (non-hydrogen) atoms. The fourth-order valence-corrected chi connectivity index (χ4v) is 2.91. The largest absolute Gasteiger partial charge is 0.496 e. The van der Waals surface area contributed by atoms with E-state index in [0.29, 0.717) is 16.3 Å². The number of aryl methyl sites for hydroxylation is 2. The van der Waals surface area contributed by atoms with Crippen molar-refractivity contribution in [3.63, 3.8) is 0 Å². The van der Waals surface area contributed by atoms with Crippen LogP contribution in [0.25, 0.3) is 10.9 Å². The molecule has 0 spiro atoms. The molecule has 0 radical (unpaired) electrons. The standard InChI is InChI=1S/C19H18ClNO2/c1-11-6-15-16(10-21-17(15)7-12(11)2)18(22)8-13-4-5-14(20)9-19(13)23-3/h4-7,9-10,21H,8H2,1-3H3. The molecule has 118 valence electrons. The molecule has 3 nitrogen and oxygen atoms in total. The van der Waals surface area contributed by atoms with Crippen LogP contribution in [0.3, 0.4) is 0 Å². The number of hydrogen-bond donors (Lipinski definition) is 1. The Hall–Kier alpha value is -2.26. The van der Waals surface area contributed by atoms with E-state index < -0.39 is 0 Å². The molecule has 0 aliphatic carbocycles. The SMILES string of the molecule is COc1cc(Cl)ccc1CC(=O)c1c[nH]c2cc(C)c(C)cc12. The molecule has 0 aliphatic heterocycles. The van der Waals surface area contributed by atoms with Gasteiger partial charge in [0.25, 0.3) is 0 Å². The van der Waals surface area contributed by atoms with Gasteiger partial charge >= 0.3 is 0 Å². The van der Waals surface area contributed by atoms with Gasteiger partial charge in [-0.15, -0.1) is 0 Å². The summed E-state index contributed by atoms with van der Waals surface area (Å²) in [6.45, 7) is 4.12. The summed E-state index contributed by atoms with van der Waals surface area (Å²) in [6, 6.07) is 9.48. The molecule has 0 amide bonds. The molecular formula is C19H18ClNO2. The van der Waals surface area contributed by atoms with Gasteiger partial charge in [0.1, 0.15) is 5.75 Å². The maximum absolute atomic E-state index is 12.7. The first-order valence-corrected chi connectivity index (χ1v) is 7.81. The van der Waals surface area contributed by atoms with Gasteiger partial charge in [0.05, 0.1) is 7.11 Å². The molecule has 3 aromatic rings. The average Bonchev–Trinajstić information content (AvgIpc) is 2.92. The number of hydrogen-bond acceptors (Lipinski definition) is 2. The van der Waals surface area contributed by atoms with Crippen LogP contribution in [0, 0.1) is 13.8 Å². The Morgan fingerprint density at radius 3 is 2.65 bits per heavy atom. The number of benzene rings is 2. The van der Waals surface area contributed by atoms with Crippen LogP contribution >= 0.6 is 11.6 Å². The minimum absolute atomic E-state index is 0.0557. The second-order valence-electron chi connectivity index (χ2n) is 5.74. The summed E-state index contributed by atoms with van der Waals surface area (Å²) < 4.78 is 5.32. The van der Waals surface area contributed by atoms with E-state index in [1.54, 1.807) is 25.4 Å². The Morgan fingerprint density at radius 1 is 1.17 bits per heavy atom. The highest BCUT2D eigenvalue weighted by molar-refractivity contribution is 6.30. The summed E-state index contributed by atoms with van der Waals surface area (Å²) in [5, 5.41) is 1.56. The van der Waals surface area contributed by atoms with E-state index >= 15 is 0 Å². The maximum Gasteiger partial charge on any atom is 0.169 e. The zero-order valence-electron chi connectivity index (χ0n) is 13.4. The molecule has 2 aromatic carbocycles. The molecule has 1 N–H and O–H groups in total. The molecule has 0 aliphatic rings. The van der Waals surface area contributed by atoms with Crippen LogP contribution in [-0.4, -0.2) is 17.9 Å². The van der Waals surface area contributed by atoms with E-state index in [1.165, 1.54) is 11.1 Å². The van der Waals surface area contributed by atoms with E-state index in [9.17, 15) is 4.79 Å². The number of nitrogens with one attached hydrogen (secondary N) is 1. The van der Waals surface area contributed by atoms with Gasteiger partial charge < -0.3 is 9.72 Å². The fourth-order valence-electron chi connectivity index (χ4n) is 2.75. The van der Waals surface area contributed by atoms with Crippen molar-refractivity contribution in [2.24, 2.45) is 0 Å². The van der Waals surface area contributed by atoms with Crippen LogP contribution in [0.5, 0.6) is 5.75 Å². The molecule has 0 unspecified atom stereocenters. The number of rotatable bonds is 4. The predicted molar refractivity (Wildman–Crippen MR) is 93.8 cm³/mol. The summed E-state index contributed by atoms with van der Waals surface area (Å²) in [6.07, 6.45) is 2.06. The van der Waals surface area contributed by atoms with Crippen molar-refractivity contribution in [3.05, 3.63) is 63.8 Å². The second kappa shape index (κ2) is 6.09. The predicted octanol–water partition coefficient (Wildman–Crippen LogP) is 4.87. The van der Waals surface area contributed by atoms with Crippen LogP contribution < -0.4 is 4.74 Å². The molecule has 0 fully saturated rings. The van der Waals surface area contributed by atoms with Crippen LogP contribution in [0.15, 0.2) is 36.5 Å². The van der Waals surface area contributed by atoms with Gasteiger partial charge in [0.2, 0.25) is 0 Å². The van der Waals surface area contributed by atoms with Crippen LogP contribution in [0.1, 0.15) is 27.0 Å². The van der Waals surface area contributed by atoms with Crippen molar-refractivity contribution in [1.29, 1.82) is 0 Å². The zero-order valence-corrected chi connectivity index (χ0v) is 14.1.